The van der Waals surface area contributed by atoms with E-state index in [0.29, 0.717) is 65.4 Å². The highest BCUT2D eigenvalue weighted by molar-refractivity contribution is 5.91. The highest BCUT2D eigenvalue weighted by atomic mass is 16.6. The lowest BCUT2D eigenvalue weighted by molar-refractivity contribution is -0.210. The van der Waals surface area contributed by atoms with Gasteiger partial charge in [-0.1, -0.05) is 171 Å². The van der Waals surface area contributed by atoms with E-state index in [9.17, 15) is 15.3 Å². The summed E-state index contributed by atoms with van der Waals surface area (Å²) in [5.74, 6) is -1.38. The SMILES string of the molecule is COCC(CCO)c1c(CO)c2ccc3c(c2oc1=O)C1OC(=O)CC2CC4C=CC2c2ccc5c(c2)C2CC(C5CC(=C(C)CO)C(=O)OC1C1(CC=CC5(C2)C2C=Cc6ccccc6C2CC51)O3)C1(CCCC1)c1ccc(cc1)Cc1ccc2c(c1)C13c5cccc4c5CCC1CCCC3C=C2. The van der Waals surface area contributed by atoms with Gasteiger partial charge in [-0.05, 0) is 239 Å². The molecule has 4 aliphatic heterocycles. The van der Waals surface area contributed by atoms with Gasteiger partial charge in [0.15, 0.2) is 17.8 Å². The van der Waals surface area contributed by atoms with Crippen molar-refractivity contribution >= 4 is 35.1 Å². The molecule has 17 unspecified atom stereocenters. The zero-order valence-corrected chi connectivity index (χ0v) is 59.8. The van der Waals surface area contributed by atoms with Crippen LogP contribution in [0.15, 0.2) is 172 Å². The zero-order chi connectivity index (χ0) is 70.1. The van der Waals surface area contributed by atoms with Crippen molar-refractivity contribution in [3.63, 3.8) is 0 Å². The summed E-state index contributed by atoms with van der Waals surface area (Å²) < 4.78 is 35.6. The molecular formula is C93H94O11. The van der Waals surface area contributed by atoms with Crippen molar-refractivity contribution in [3.05, 3.63) is 262 Å². The number of benzene rings is 6. The van der Waals surface area contributed by atoms with E-state index in [1.165, 1.54) is 85.2 Å². The molecule has 21 aliphatic rings. The molecule has 17 aliphatic carbocycles. The van der Waals surface area contributed by atoms with Gasteiger partial charge in [-0.3, -0.25) is 4.79 Å². The van der Waals surface area contributed by atoms with Crippen molar-refractivity contribution in [3.8, 4) is 5.75 Å². The summed E-state index contributed by atoms with van der Waals surface area (Å²) in [5, 5.41) is 34.2. The number of ether oxygens (including phenoxy) is 4. The second-order valence-electron chi connectivity index (χ2n) is 34.0. The van der Waals surface area contributed by atoms with Gasteiger partial charge in [0, 0.05) is 77.6 Å². The molecule has 11 nitrogen and oxygen atoms in total. The van der Waals surface area contributed by atoms with Crippen molar-refractivity contribution in [2.24, 2.45) is 40.9 Å². The first-order valence-electron chi connectivity index (χ1n) is 39.4. The van der Waals surface area contributed by atoms with Crippen LogP contribution in [0, 0.1) is 40.9 Å². The average Bonchev–Trinajstić information content (AvgIpc) is 1.55. The van der Waals surface area contributed by atoms with Crippen LogP contribution in [0.2, 0.25) is 0 Å². The largest absolute Gasteiger partial charge is 0.482 e. The Kier molecular flexibility index (Phi) is 15.5. The molecule has 3 N–H and O–H groups in total. The predicted molar refractivity (Wildman–Crippen MR) is 400 cm³/mol. The summed E-state index contributed by atoms with van der Waals surface area (Å²) in [5.41, 5.74) is 15.9. The summed E-state index contributed by atoms with van der Waals surface area (Å²) in [7, 11) is 1.54. The van der Waals surface area contributed by atoms with Gasteiger partial charge in [0.05, 0.1) is 25.4 Å². The normalized spacial score (nSPS) is 33.7. The van der Waals surface area contributed by atoms with Gasteiger partial charge in [0.1, 0.15) is 11.3 Å². The molecule has 1 saturated heterocycles. The summed E-state index contributed by atoms with van der Waals surface area (Å²) in [6, 6.07) is 44.4. The number of methoxy groups -OCH3 is 1. The number of hydrogen-bond acceptors (Lipinski definition) is 11. The Hall–Kier alpha value is -8.19. The average molecular weight is 1390 g/mol. The fourth-order valence-electron chi connectivity index (χ4n) is 25.5. The second-order valence-corrected chi connectivity index (χ2v) is 34.0. The molecule has 0 amide bonds. The first-order chi connectivity index (χ1) is 50.9. The molecule has 21 bridgehead atoms. The molecule has 0 radical (unpaired) electrons. The Morgan fingerprint density at radius 2 is 1.59 bits per heavy atom. The van der Waals surface area contributed by atoms with Gasteiger partial charge in [0.25, 0.3) is 0 Å². The number of aliphatic hydroxyl groups excluding tert-OH is 3. The summed E-state index contributed by atoms with van der Waals surface area (Å²) in [6.45, 7) is 0.780. The van der Waals surface area contributed by atoms with Crippen LogP contribution < -0.4 is 10.4 Å². The fourth-order valence-corrected chi connectivity index (χ4v) is 25.5. The van der Waals surface area contributed by atoms with E-state index < -0.39 is 53.3 Å². The zero-order valence-electron chi connectivity index (χ0n) is 59.8. The monoisotopic (exact) mass is 1390 g/mol. The Balaban J connectivity index is 0.870. The van der Waals surface area contributed by atoms with Gasteiger partial charge in [-0.15, -0.1) is 0 Å². The van der Waals surface area contributed by atoms with Crippen LogP contribution in [0.4, 0.5) is 0 Å². The van der Waals surface area contributed by atoms with E-state index >= 15 is 14.4 Å². The van der Waals surface area contributed by atoms with E-state index in [4.69, 9.17) is 23.4 Å². The van der Waals surface area contributed by atoms with Gasteiger partial charge in [0.2, 0.25) is 0 Å². The molecule has 1 aromatic heterocycles. The maximum absolute atomic E-state index is 16.9. The summed E-state index contributed by atoms with van der Waals surface area (Å²) >= 11 is 0. The third-order valence-electron chi connectivity index (χ3n) is 29.7. The van der Waals surface area contributed by atoms with E-state index in [-0.39, 0.29) is 113 Å². The molecule has 7 aromatic rings. The van der Waals surface area contributed by atoms with Crippen LogP contribution in [0.1, 0.15) is 240 Å². The number of hydrogen-bond donors (Lipinski definition) is 3. The smallest absolute Gasteiger partial charge is 0.340 e. The number of aliphatic hydroxyl groups is 3. The van der Waals surface area contributed by atoms with Crippen LogP contribution in [-0.2, 0) is 54.1 Å². The minimum Gasteiger partial charge on any atom is -0.482 e. The maximum Gasteiger partial charge on any atom is 0.340 e. The lowest BCUT2D eigenvalue weighted by Crippen LogP contribution is -2.64. The third kappa shape index (κ3) is 9.42. The highest BCUT2D eigenvalue weighted by Crippen LogP contribution is 2.72. The van der Waals surface area contributed by atoms with Crippen molar-refractivity contribution < 1.29 is 48.3 Å². The molecular weight excluding hydrogens is 1290 g/mol. The molecule has 3 saturated carbocycles. The minimum absolute atomic E-state index is 0.0163. The van der Waals surface area contributed by atoms with Crippen molar-refractivity contribution in [2.75, 3.05) is 26.9 Å². The highest BCUT2D eigenvalue weighted by Gasteiger charge is 2.70. The van der Waals surface area contributed by atoms with E-state index in [1.807, 2.05) is 19.1 Å². The molecule has 5 heterocycles. The lowest BCUT2D eigenvalue weighted by Gasteiger charge is -2.57. The predicted octanol–water partition coefficient (Wildman–Crippen LogP) is 17.3. The summed E-state index contributed by atoms with van der Waals surface area (Å²) in [4.78, 5) is 48.8. The standard InChI is InChI=1S/C93H94O11/c1-52(49-95)71-46-73-68-29-22-58-43-72(68)61-44-79(73)90(35-5-6-36-90)62-24-17-53(18-25-62)40-54-16-19-56-20-26-63-11-7-12-64-27-30-69-67(14-8-15-77(69)93(63,64)78(56)41-54)57-21-28-65(58)60(42-57)45-82(97)101-86-84-80(33-31-70-75(50-96)83(89(99)102-85(70)84)59(34-39-94)51-100-2)104-92(87(86)103-88(71)98)38-9-37-91(48-61)76-32-23-55-10-3-4-13-66(55)74(76)47-81(91)92/h3-4,8-10,13-26,28-29,31-33,37,41,43,57,59-61,63-65,73-74,76,79,81,86-87,94-96H,5-7,11-12,27,30,34-36,38-40,42,44-51H2,1-2H3. The van der Waals surface area contributed by atoms with Crippen LogP contribution in [0.5, 0.6) is 5.75 Å². The van der Waals surface area contributed by atoms with E-state index in [1.54, 1.807) is 7.11 Å². The fraction of sp³-hybridized carbons (Fsp3) is 0.452. The molecule has 104 heavy (non-hydrogen) atoms. The van der Waals surface area contributed by atoms with E-state index in [2.05, 4.69) is 152 Å². The second kappa shape index (κ2) is 24.7. The topological polar surface area (TPSA) is 162 Å². The first-order valence-corrected chi connectivity index (χ1v) is 39.4. The number of allylic oxidation sites excluding steroid dienone is 5. The Morgan fingerprint density at radius 3 is 2.43 bits per heavy atom. The van der Waals surface area contributed by atoms with Gasteiger partial charge >= 0.3 is 17.6 Å². The van der Waals surface area contributed by atoms with Crippen molar-refractivity contribution in [1.29, 1.82) is 0 Å². The van der Waals surface area contributed by atoms with Crippen LogP contribution in [0.3, 0.4) is 0 Å². The molecule has 532 valence electrons. The number of rotatable bonds is 7. The van der Waals surface area contributed by atoms with Crippen molar-refractivity contribution in [1.82, 2.24) is 0 Å². The number of fused-ring (bicyclic) bond motifs is 10. The molecule has 11 heteroatoms. The first kappa shape index (κ1) is 65.3. The number of carbonyl (C=O) groups is 2. The molecule has 4 fully saturated rings. The molecule has 3 spiro atoms. The van der Waals surface area contributed by atoms with Gasteiger partial charge < -0.3 is 38.7 Å². The quantitative estimate of drug-likeness (QED) is 0.0603. The third-order valence-corrected chi connectivity index (χ3v) is 29.7. The maximum atomic E-state index is 16.9. The molecule has 28 rings (SSSR count). The van der Waals surface area contributed by atoms with E-state index in [0.717, 1.165) is 64.2 Å². The minimum atomic E-state index is -1.41. The van der Waals surface area contributed by atoms with Crippen LogP contribution >= 0.6 is 0 Å². The summed E-state index contributed by atoms with van der Waals surface area (Å²) in [6.07, 6.45) is 31.3. The number of esters is 2. The van der Waals surface area contributed by atoms with Crippen molar-refractivity contribution in [2.45, 2.75) is 193 Å². The Labute approximate surface area is 609 Å². The molecule has 6 aromatic carbocycles. The number of carbonyl (C=O) groups excluding carboxylic acids is 2. The van der Waals surface area contributed by atoms with Crippen LogP contribution in [0.25, 0.3) is 23.1 Å². The van der Waals surface area contributed by atoms with Gasteiger partial charge in [-0.25, -0.2) is 9.59 Å². The molecule has 17 atom stereocenters. The van der Waals surface area contributed by atoms with Crippen LogP contribution in [-0.4, -0.2) is 65.9 Å². The van der Waals surface area contributed by atoms with Gasteiger partial charge in [-0.2, -0.15) is 0 Å². The lowest BCUT2D eigenvalue weighted by atomic mass is 9.48. The Morgan fingerprint density at radius 1 is 0.740 bits per heavy atom. The Bertz CT molecular complexity index is 4930.